The molecule has 0 aliphatic carbocycles. The van der Waals surface area contributed by atoms with E-state index in [2.05, 4.69) is 20.4 Å². The molecular weight excluding hydrogens is 481 g/mol. The van der Waals surface area contributed by atoms with Gasteiger partial charge in [-0.05, 0) is 55.5 Å². The quantitative estimate of drug-likeness (QED) is 0.389. The molecule has 9 heteroatoms. The van der Waals surface area contributed by atoms with E-state index in [0.29, 0.717) is 19.6 Å². The minimum atomic E-state index is -0.287. The van der Waals surface area contributed by atoms with Crippen LogP contribution in [-0.4, -0.2) is 53.9 Å². The van der Waals surface area contributed by atoms with Gasteiger partial charge in [0.15, 0.2) is 5.82 Å². The zero-order valence-electron chi connectivity index (χ0n) is 20.0. The number of ether oxygens (including phenoxy) is 1. The molecule has 1 aliphatic heterocycles. The number of halogens is 2. The Morgan fingerprint density at radius 1 is 0.972 bits per heavy atom. The van der Waals surface area contributed by atoms with Crippen molar-refractivity contribution >= 4 is 40.7 Å². The molecule has 1 aliphatic rings. The first kappa shape index (κ1) is 25.2. The van der Waals surface area contributed by atoms with E-state index in [1.54, 1.807) is 19.2 Å². The van der Waals surface area contributed by atoms with Crippen LogP contribution in [0, 0.1) is 5.82 Å². The number of carbonyl (C=O) groups is 1. The highest BCUT2D eigenvalue weighted by atomic mass is 35.5. The fraction of sp³-hybridized carbons (Fsp3) is 0.222. The Morgan fingerprint density at radius 3 is 2.33 bits per heavy atom. The monoisotopic (exact) mass is 507 g/mol. The predicted octanol–water partition coefficient (Wildman–Crippen LogP) is 5.61. The van der Waals surface area contributed by atoms with Crippen molar-refractivity contribution in [3.05, 3.63) is 78.6 Å². The van der Waals surface area contributed by atoms with E-state index in [9.17, 15) is 9.18 Å². The van der Waals surface area contributed by atoms with Crippen LogP contribution >= 0.6 is 12.4 Å². The number of hydrogen-bond acceptors (Lipinski definition) is 5. The van der Waals surface area contributed by atoms with E-state index in [1.807, 2.05) is 60.4 Å². The number of nitrogens with zero attached hydrogens (tertiary/aromatic N) is 4. The van der Waals surface area contributed by atoms with Crippen LogP contribution in [0.4, 0.5) is 20.7 Å². The Balaban J connectivity index is 0.00000304. The first-order valence-electron chi connectivity index (χ1n) is 11.5. The van der Waals surface area contributed by atoms with E-state index in [0.717, 1.165) is 39.3 Å². The first-order valence-corrected chi connectivity index (χ1v) is 11.5. The summed E-state index contributed by atoms with van der Waals surface area (Å²) in [6.07, 6.45) is 0. The van der Waals surface area contributed by atoms with Gasteiger partial charge in [0.1, 0.15) is 17.3 Å². The van der Waals surface area contributed by atoms with Crippen LogP contribution in [0.25, 0.3) is 22.0 Å². The molecule has 0 bridgehead atoms. The van der Waals surface area contributed by atoms with Gasteiger partial charge in [-0.25, -0.2) is 9.18 Å². The number of benzene rings is 3. The van der Waals surface area contributed by atoms with Crippen molar-refractivity contribution in [2.45, 2.75) is 13.0 Å². The summed E-state index contributed by atoms with van der Waals surface area (Å²) >= 11 is 0. The second-order valence-corrected chi connectivity index (χ2v) is 8.57. The lowest BCUT2D eigenvalue weighted by atomic mass is 10.0. The van der Waals surface area contributed by atoms with Gasteiger partial charge in [0, 0.05) is 47.7 Å². The van der Waals surface area contributed by atoms with E-state index < -0.39 is 0 Å². The zero-order chi connectivity index (χ0) is 24.4. The van der Waals surface area contributed by atoms with Crippen molar-refractivity contribution in [2.24, 2.45) is 0 Å². The van der Waals surface area contributed by atoms with Gasteiger partial charge in [-0.3, -0.25) is 0 Å². The summed E-state index contributed by atoms with van der Waals surface area (Å²) < 4.78 is 18.6. The number of carbonyl (C=O) groups excluding carboxylic acids is 1. The predicted molar refractivity (Wildman–Crippen MR) is 143 cm³/mol. The fourth-order valence-corrected chi connectivity index (χ4v) is 4.47. The first-order chi connectivity index (χ1) is 17.0. The number of amides is 2. The summed E-state index contributed by atoms with van der Waals surface area (Å²) in [4.78, 5) is 16.9. The number of rotatable bonds is 4. The van der Waals surface area contributed by atoms with Crippen LogP contribution < -0.4 is 15.0 Å². The molecule has 1 aromatic heterocycles. The van der Waals surface area contributed by atoms with Crippen molar-refractivity contribution in [3.63, 3.8) is 0 Å². The van der Waals surface area contributed by atoms with Crippen LogP contribution in [0.1, 0.15) is 6.92 Å². The topological polar surface area (TPSA) is 70.6 Å². The van der Waals surface area contributed by atoms with Crippen molar-refractivity contribution in [3.8, 4) is 17.0 Å². The number of hydrogen-bond donors (Lipinski definition) is 1. The lowest BCUT2D eigenvalue weighted by Crippen LogP contribution is -2.55. The van der Waals surface area contributed by atoms with Gasteiger partial charge < -0.3 is 19.9 Å². The normalized spacial score (nSPS) is 15.4. The van der Waals surface area contributed by atoms with Crippen molar-refractivity contribution < 1.29 is 13.9 Å². The summed E-state index contributed by atoms with van der Waals surface area (Å²) in [5.41, 5.74) is 2.25. The lowest BCUT2D eigenvalue weighted by Gasteiger charge is -2.40. The molecule has 1 fully saturated rings. The average Bonchev–Trinajstić information content (AvgIpc) is 2.89. The van der Waals surface area contributed by atoms with Gasteiger partial charge in [-0.2, -0.15) is 0 Å². The SMILES string of the molecule is COc1ccc(NC(=O)N2CCN(c3nnc(-c4ccc(F)cc4)c4ccccc34)CC2C)cc1.Cl. The molecule has 2 heterocycles. The highest BCUT2D eigenvalue weighted by Crippen LogP contribution is 2.32. The molecule has 1 saturated heterocycles. The van der Waals surface area contributed by atoms with Crippen LogP contribution in [0.2, 0.25) is 0 Å². The molecule has 4 aromatic rings. The highest BCUT2D eigenvalue weighted by Gasteiger charge is 2.29. The number of anilines is 2. The summed E-state index contributed by atoms with van der Waals surface area (Å²) in [7, 11) is 1.61. The molecule has 7 nitrogen and oxygen atoms in total. The van der Waals surface area contributed by atoms with E-state index >= 15 is 0 Å². The summed E-state index contributed by atoms with van der Waals surface area (Å²) in [5, 5.41) is 14.0. The second-order valence-electron chi connectivity index (χ2n) is 8.57. The zero-order valence-corrected chi connectivity index (χ0v) is 20.8. The van der Waals surface area contributed by atoms with Crippen molar-refractivity contribution in [1.82, 2.24) is 15.1 Å². The molecular formula is C27H27ClFN5O2. The molecule has 3 aromatic carbocycles. The van der Waals surface area contributed by atoms with Crippen LogP contribution in [0.5, 0.6) is 5.75 Å². The summed E-state index contributed by atoms with van der Waals surface area (Å²) in [6.45, 7) is 3.85. The molecule has 2 amide bonds. The Labute approximate surface area is 215 Å². The van der Waals surface area contributed by atoms with Crippen LogP contribution in [0.3, 0.4) is 0 Å². The molecule has 186 valence electrons. The van der Waals surface area contributed by atoms with Gasteiger partial charge in [0.25, 0.3) is 0 Å². The summed E-state index contributed by atoms with van der Waals surface area (Å²) in [5.74, 6) is 1.24. The maximum Gasteiger partial charge on any atom is 0.322 e. The van der Waals surface area contributed by atoms with Gasteiger partial charge in [-0.15, -0.1) is 22.6 Å². The van der Waals surface area contributed by atoms with E-state index in [1.165, 1.54) is 12.1 Å². The van der Waals surface area contributed by atoms with E-state index in [-0.39, 0.29) is 30.3 Å². The third-order valence-corrected chi connectivity index (χ3v) is 6.31. The number of methoxy groups -OCH3 is 1. The molecule has 0 spiro atoms. The van der Waals surface area contributed by atoms with Crippen molar-refractivity contribution in [1.29, 1.82) is 0 Å². The third kappa shape index (κ3) is 5.04. The molecule has 1 N–H and O–H groups in total. The molecule has 36 heavy (non-hydrogen) atoms. The van der Waals surface area contributed by atoms with Gasteiger partial charge in [0.2, 0.25) is 0 Å². The Morgan fingerprint density at radius 2 is 1.67 bits per heavy atom. The minimum absolute atomic E-state index is 0. The average molecular weight is 508 g/mol. The number of piperazine rings is 1. The lowest BCUT2D eigenvalue weighted by molar-refractivity contribution is 0.184. The standard InChI is InChI=1S/C27H26FN5O2.ClH/c1-18-17-32(15-16-33(18)27(34)29-21-11-13-22(35-2)14-12-21)26-24-6-4-3-5-23(24)25(30-31-26)19-7-9-20(28)10-8-19;/h3-14,18H,15-17H2,1-2H3,(H,29,34);1H. The van der Waals surface area contributed by atoms with Crippen LogP contribution in [-0.2, 0) is 0 Å². The molecule has 1 atom stereocenters. The van der Waals surface area contributed by atoms with Gasteiger partial charge in [-0.1, -0.05) is 24.3 Å². The van der Waals surface area contributed by atoms with Crippen molar-refractivity contribution in [2.75, 3.05) is 37.0 Å². The van der Waals surface area contributed by atoms with E-state index in [4.69, 9.17) is 4.74 Å². The maximum atomic E-state index is 13.4. The molecule has 0 radical (unpaired) electrons. The number of fused-ring (bicyclic) bond motifs is 1. The Kier molecular flexibility index (Phi) is 7.55. The number of aromatic nitrogens is 2. The molecule has 1 unspecified atom stereocenters. The van der Waals surface area contributed by atoms with Crippen LogP contribution in [0.15, 0.2) is 72.8 Å². The fourth-order valence-electron chi connectivity index (χ4n) is 4.47. The second kappa shape index (κ2) is 10.8. The van der Waals surface area contributed by atoms with Gasteiger partial charge >= 0.3 is 6.03 Å². The Bertz CT molecular complexity index is 1350. The maximum absolute atomic E-state index is 13.4. The highest BCUT2D eigenvalue weighted by molar-refractivity contribution is 6.00. The number of nitrogens with one attached hydrogen (secondary N) is 1. The largest absolute Gasteiger partial charge is 0.497 e. The molecule has 0 saturated carbocycles. The smallest absolute Gasteiger partial charge is 0.322 e. The third-order valence-electron chi connectivity index (χ3n) is 6.31. The summed E-state index contributed by atoms with van der Waals surface area (Å²) in [6, 6.07) is 21.4. The Hall–Kier alpha value is -3.91. The minimum Gasteiger partial charge on any atom is -0.497 e. The molecule has 5 rings (SSSR count). The number of urea groups is 1. The van der Waals surface area contributed by atoms with Gasteiger partial charge in [0.05, 0.1) is 7.11 Å².